The van der Waals surface area contributed by atoms with Gasteiger partial charge in [0.25, 0.3) is 0 Å². The maximum absolute atomic E-state index is 6.15. The fourth-order valence-corrected chi connectivity index (χ4v) is 3.69. The summed E-state index contributed by atoms with van der Waals surface area (Å²) in [5.41, 5.74) is 2.97. The zero-order valence-corrected chi connectivity index (χ0v) is 15.0. The zero-order valence-electron chi connectivity index (χ0n) is 13.4. The maximum Gasteiger partial charge on any atom is 0.236 e. The van der Waals surface area contributed by atoms with Gasteiger partial charge in [-0.15, -0.1) is 21.5 Å². The van der Waals surface area contributed by atoms with Crippen LogP contribution in [0.15, 0.2) is 57.6 Å². The van der Waals surface area contributed by atoms with Crippen LogP contribution >= 0.6 is 23.1 Å². The number of nitrogens with two attached hydrogens (primary N) is 1. The van der Waals surface area contributed by atoms with E-state index in [0.29, 0.717) is 22.6 Å². The second-order valence-corrected chi connectivity index (χ2v) is 7.34. The van der Waals surface area contributed by atoms with Gasteiger partial charge in [0.15, 0.2) is 5.82 Å². The fourth-order valence-electron chi connectivity index (χ4n) is 2.30. The number of hydrogen-bond acceptors (Lipinski definition) is 7. The third-order valence-corrected chi connectivity index (χ3v) is 5.44. The molecule has 1 aromatic carbocycles. The summed E-state index contributed by atoms with van der Waals surface area (Å²) in [5.74, 6) is 8.04. The molecule has 0 saturated heterocycles. The highest BCUT2D eigenvalue weighted by atomic mass is 32.2. The van der Waals surface area contributed by atoms with Gasteiger partial charge in [-0.05, 0) is 18.4 Å². The molecule has 0 aliphatic rings. The number of thioether (sulfide) groups is 1. The standard InChI is InChI=1S/C17H15N5OS2/c1-11-4-6-12(7-5-11)15-20-21-17(22(15)18)25-10-13-9-23-16(19-13)14-3-2-8-24-14/h2-9H,10,18H2,1H3. The van der Waals surface area contributed by atoms with Gasteiger partial charge >= 0.3 is 0 Å². The summed E-state index contributed by atoms with van der Waals surface area (Å²) < 4.78 is 7.03. The van der Waals surface area contributed by atoms with Crippen molar-refractivity contribution < 1.29 is 4.42 Å². The van der Waals surface area contributed by atoms with E-state index in [9.17, 15) is 0 Å². The van der Waals surface area contributed by atoms with Crippen molar-refractivity contribution in [1.82, 2.24) is 19.9 Å². The van der Waals surface area contributed by atoms with E-state index in [4.69, 9.17) is 10.3 Å². The van der Waals surface area contributed by atoms with Crippen LogP contribution < -0.4 is 5.84 Å². The monoisotopic (exact) mass is 369 g/mol. The van der Waals surface area contributed by atoms with Crippen molar-refractivity contribution in [3.05, 3.63) is 59.3 Å². The number of rotatable bonds is 5. The normalized spacial score (nSPS) is 11.1. The summed E-state index contributed by atoms with van der Waals surface area (Å²) in [6, 6.07) is 12.0. The molecule has 2 N–H and O–H groups in total. The van der Waals surface area contributed by atoms with Crippen LogP contribution in [-0.4, -0.2) is 19.9 Å². The summed E-state index contributed by atoms with van der Waals surface area (Å²) in [5, 5.41) is 11.0. The first-order valence-electron chi connectivity index (χ1n) is 7.59. The largest absolute Gasteiger partial charge is 0.444 e. The third kappa shape index (κ3) is 3.31. The predicted molar refractivity (Wildman–Crippen MR) is 99.7 cm³/mol. The third-order valence-electron chi connectivity index (χ3n) is 3.61. The minimum atomic E-state index is 0.609. The molecular weight excluding hydrogens is 354 g/mol. The van der Waals surface area contributed by atoms with Crippen molar-refractivity contribution in [3.8, 4) is 22.2 Å². The fraction of sp³-hybridized carbons (Fsp3) is 0.118. The van der Waals surface area contributed by atoms with Crippen LogP contribution in [0.25, 0.3) is 22.2 Å². The van der Waals surface area contributed by atoms with Gasteiger partial charge in [-0.25, -0.2) is 9.66 Å². The number of aromatic nitrogens is 4. The van der Waals surface area contributed by atoms with Gasteiger partial charge in [-0.3, -0.25) is 0 Å². The van der Waals surface area contributed by atoms with Crippen LogP contribution in [-0.2, 0) is 5.75 Å². The molecule has 0 atom stereocenters. The lowest BCUT2D eigenvalue weighted by atomic mass is 10.1. The lowest BCUT2D eigenvalue weighted by Gasteiger charge is -2.03. The second kappa shape index (κ2) is 6.73. The van der Waals surface area contributed by atoms with E-state index < -0.39 is 0 Å². The second-order valence-electron chi connectivity index (χ2n) is 5.45. The average molecular weight is 369 g/mol. The van der Waals surface area contributed by atoms with Crippen molar-refractivity contribution in [2.75, 3.05) is 5.84 Å². The minimum Gasteiger partial charge on any atom is -0.444 e. The average Bonchev–Trinajstić information content (AvgIpc) is 3.35. The Labute approximate surface area is 152 Å². The predicted octanol–water partition coefficient (Wildman–Crippen LogP) is 3.98. The summed E-state index contributed by atoms with van der Waals surface area (Å²) in [4.78, 5) is 5.51. The van der Waals surface area contributed by atoms with E-state index in [1.54, 1.807) is 17.6 Å². The molecule has 0 radical (unpaired) electrons. The van der Waals surface area contributed by atoms with Gasteiger partial charge in [-0.2, -0.15) is 0 Å². The van der Waals surface area contributed by atoms with Crippen LogP contribution in [0.4, 0.5) is 0 Å². The van der Waals surface area contributed by atoms with Gasteiger partial charge in [0.1, 0.15) is 6.26 Å². The Kier molecular flexibility index (Phi) is 4.29. The van der Waals surface area contributed by atoms with Gasteiger partial charge in [0.2, 0.25) is 11.0 Å². The zero-order chi connectivity index (χ0) is 17.2. The maximum atomic E-state index is 6.15. The van der Waals surface area contributed by atoms with Crippen molar-refractivity contribution in [1.29, 1.82) is 0 Å². The number of nitrogens with zero attached hydrogens (tertiary/aromatic N) is 4. The molecule has 0 saturated carbocycles. The Morgan fingerprint density at radius 2 is 2.04 bits per heavy atom. The van der Waals surface area contributed by atoms with E-state index in [0.717, 1.165) is 16.1 Å². The molecule has 0 unspecified atom stereocenters. The topological polar surface area (TPSA) is 82.8 Å². The Hall–Kier alpha value is -2.58. The smallest absolute Gasteiger partial charge is 0.236 e. The summed E-state index contributed by atoms with van der Waals surface area (Å²) in [6.07, 6.45) is 1.67. The van der Waals surface area contributed by atoms with Gasteiger partial charge in [0.05, 0.1) is 10.6 Å². The molecule has 0 amide bonds. The lowest BCUT2D eigenvalue weighted by molar-refractivity contribution is 0.575. The quantitative estimate of drug-likeness (QED) is 0.423. The first-order chi connectivity index (χ1) is 12.2. The number of benzene rings is 1. The summed E-state index contributed by atoms with van der Waals surface area (Å²) in [6.45, 7) is 2.04. The molecule has 0 spiro atoms. The highest BCUT2D eigenvalue weighted by Crippen LogP contribution is 2.27. The molecule has 0 bridgehead atoms. The molecule has 4 aromatic rings. The van der Waals surface area contributed by atoms with Crippen LogP contribution in [0.3, 0.4) is 0 Å². The molecule has 25 heavy (non-hydrogen) atoms. The number of oxazole rings is 1. The van der Waals surface area contributed by atoms with E-state index >= 15 is 0 Å². The first kappa shape index (κ1) is 15.9. The van der Waals surface area contributed by atoms with Crippen molar-refractivity contribution in [2.24, 2.45) is 0 Å². The number of nitrogen functional groups attached to an aromatic ring is 1. The van der Waals surface area contributed by atoms with Crippen LogP contribution in [0.5, 0.6) is 0 Å². The highest BCUT2D eigenvalue weighted by molar-refractivity contribution is 7.98. The Morgan fingerprint density at radius 1 is 1.20 bits per heavy atom. The first-order valence-corrected chi connectivity index (χ1v) is 9.46. The molecule has 126 valence electrons. The van der Waals surface area contributed by atoms with Gasteiger partial charge in [-0.1, -0.05) is 47.7 Å². The Bertz CT molecular complexity index is 973. The molecule has 3 heterocycles. The van der Waals surface area contributed by atoms with Crippen LogP contribution in [0, 0.1) is 6.92 Å². The van der Waals surface area contributed by atoms with Crippen molar-refractivity contribution in [3.63, 3.8) is 0 Å². The van der Waals surface area contributed by atoms with E-state index in [2.05, 4.69) is 15.2 Å². The highest BCUT2D eigenvalue weighted by Gasteiger charge is 2.14. The SMILES string of the molecule is Cc1ccc(-c2nnc(SCc3coc(-c4cccs4)n3)n2N)cc1. The number of hydrogen-bond donors (Lipinski definition) is 1. The molecule has 3 aromatic heterocycles. The lowest BCUT2D eigenvalue weighted by Crippen LogP contribution is -2.11. The number of thiophene rings is 1. The molecule has 6 nitrogen and oxygen atoms in total. The van der Waals surface area contributed by atoms with E-state index in [1.165, 1.54) is 22.0 Å². The van der Waals surface area contributed by atoms with Crippen LogP contribution in [0.1, 0.15) is 11.3 Å². The molecule has 0 fully saturated rings. The summed E-state index contributed by atoms with van der Waals surface area (Å²) >= 11 is 3.07. The molecule has 0 aliphatic heterocycles. The van der Waals surface area contributed by atoms with E-state index in [1.807, 2.05) is 48.7 Å². The van der Waals surface area contributed by atoms with Gasteiger partial charge < -0.3 is 10.3 Å². The number of aryl methyl sites for hydroxylation is 1. The van der Waals surface area contributed by atoms with E-state index in [-0.39, 0.29) is 0 Å². The minimum absolute atomic E-state index is 0.609. The molecule has 8 heteroatoms. The Morgan fingerprint density at radius 3 is 2.80 bits per heavy atom. The molecule has 0 aliphatic carbocycles. The van der Waals surface area contributed by atoms with Gasteiger partial charge in [0, 0.05) is 11.3 Å². The molecular formula is C17H15N5OS2. The molecule has 4 rings (SSSR count). The summed E-state index contributed by atoms with van der Waals surface area (Å²) in [7, 11) is 0. The Balaban J connectivity index is 1.48. The van der Waals surface area contributed by atoms with Crippen molar-refractivity contribution in [2.45, 2.75) is 17.8 Å². The van der Waals surface area contributed by atoms with Crippen molar-refractivity contribution >= 4 is 23.1 Å². The van der Waals surface area contributed by atoms with Crippen LogP contribution in [0.2, 0.25) is 0 Å².